The number of benzene rings is 2. The van der Waals surface area contributed by atoms with E-state index >= 15 is 0 Å². The van der Waals surface area contributed by atoms with Gasteiger partial charge >= 0.3 is 0 Å². The SMILES string of the molecule is CNC(=O)c1cc(OC)c(OC)cc1CCNCCC(O)CC(C#N)(c1ccc(OC)c(OC)c1)C(C)C. The third-order valence-corrected chi connectivity index (χ3v) is 6.95. The maximum atomic E-state index is 12.4. The summed E-state index contributed by atoms with van der Waals surface area (Å²) in [6.45, 7) is 5.11. The molecule has 2 rings (SSSR count). The molecule has 1 amide bonds. The van der Waals surface area contributed by atoms with Gasteiger partial charge in [-0.05, 0) is 73.7 Å². The Kier molecular flexibility index (Phi) is 11.7. The van der Waals surface area contributed by atoms with E-state index in [1.54, 1.807) is 40.5 Å². The first-order valence-corrected chi connectivity index (χ1v) is 12.7. The lowest BCUT2D eigenvalue weighted by Gasteiger charge is -2.33. The molecule has 0 saturated carbocycles. The number of hydrogen-bond acceptors (Lipinski definition) is 8. The number of nitrogens with zero attached hydrogens (tertiary/aromatic N) is 1. The van der Waals surface area contributed by atoms with Crippen LogP contribution in [0.4, 0.5) is 0 Å². The largest absolute Gasteiger partial charge is 0.493 e. The Labute approximate surface area is 226 Å². The molecule has 0 bridgehead atoms. The van der Waals surface area contributed by atoms with Gasteiger partial charge in [-0.3, -0.25) is 4.79 Å². The Bertz CT molecular complexity index is 1110. The van der Waals surface area contributed by atoms with Crippen LogP contribution in [0.1, 0.15) is 48.2 Å². The molecule has 9 heteroatoms. The number of methoxy groups -OCH3 is 4. The van der Waals surface area contributed by atoms with Crippen LogP contribution in [-0.4, -0.2) is 65.7 Å². The second-order valence-corrected chi connectivity index (χ2v) is 9.40. The number of ether oxygens (including phenoxy) is 4. The molecule has 3 N–H and O–H groups in total. The average Bonchev–Trinajstić information content (AvgIpc) is 2.94. The fourth-order valence-corrected chi connectivity index (χ4v) is 4.60. The van der Waals surface area contributed by atoms with Crippen LogP contribution in [0.25, 0.3) is 0 Å². The van der Waals surface area contributed by atoms with Crippen LogP contribution >= 0.6 is 0 Å². The lowest BCUT2D eigenvalue weighted by Crippen LogP contribution is -2.36. The van der Waals surface area contributed by atoms with E-state index in [-0.39, 0.29) is 18.2 Å². The minimum absolute atomic E-state index is 0.0404. The predicted octanol–water partition coefficient (Wildman–Crippen LogP) is 3.47. The van der Waals surface area contributed by atoms with Crippen molar-refractivity contribution in [2.24, 2.45) is 5.92 Å². The molecule has 0 saturated heterocycles. The van der Waals surface area contributed by atoms with Crippen LogP contribution in [-0.2, 0) is 11.8 Å². The van der Waals surface area contributed by atoms with Gasteiger partial charge in [0.05, 0.1) is 46.0 Å². The number of nitrogens with one attached hydrogen (secondary N) is 2. The summed E-state index contributed by atoms with van der Waals surface area (Å²) < 4.78 is 21.5. The minimum Gasteiger partial charge on any atom is -0.493 e. The second kappa shape index (κ2) is 14.5. The Morgan fingerprint density at radius 1 is 0.974 bits per heavy atom. The van der Waals surface area contributed by atoms with Crippen LogP contribution in [0.5, 0.6) is 23.0 Å². The summed E-state index contributed by atoms with van der Waals surface area (Å²) in [7, 11) is 7.80. The molecule has 0 aliphatic heterocycles. The van der Waals surface area contributed by atoms with E-state index in [0.29, 0.717) is 54.5 Å². The predicted molar refractivity (Wildman–Crippen MR) is 146 cm³/mol. The highest BCUT2D eigenvalue weighted by atomic mass is 16.5. The summed E-state index contributed by atoms with van der Waals surface area (Å²) >= 11 is 0. The zero-order valence-corrected chi connectivity index (χ0v) is 23.5. The number of amides is 1. The molecule has 0 fully saturated rings. The van der Waals surface area contributed by atoms with Crippen molar-refractivity contribution in [2.45, 2.75) is 44.6 Å². The molecule has 38 heavy (non-hydrogen) atoms. The third-order valence-electron chi connectivity index (χ3n) is 6.95. The number of carbonyl (C=O) groups excluding carboxylic acids is 1. The number of hydrogen-bond donors (Lipinski definition) is 3. The Morgan fingerprint density at radius 3 is 2.13 bits per heavy atom. The molecule has 2 unspecified atom stereocenters. The standard InChI is InChI=1S/C29H41N3O6/c1-19(2)29(18-30,21-8-9-24(35-4)26(15-21)37-6)17-22(33)11-13-32-12-10-20-14-25(36-5)27(38-7)16-23(20)28(34)31-3/h8-9,14-16,19,22,32-33H,10-13,17H2,1-7H3,(H,31,34). The lowest BCUT2D eigenvalue weighted by atomic mass is 9.69. The smallest absolute Gasteiger partial charge is 0.251 e. The maximum Gasteiger partial charge on any atom is 0.251 e. The Hall–Kier alpha value is -3.48. The monoisotopic (exact) mass is 527 g/mol. The van der Waals surface area contributed by atoms with Gasteiger partial charge in [-0.2, -0.15) is 5.26 Å². The van der Waals surface area contributed by atoms with Crippen LogP contribution in [0.2, 0.25) is 0 Å². The fourth-order valence-electron chi connectivity index (χ4n) is 4.60. The first-order chi connectivity index (χ1) is 18.2. The van der Waals surface area contributed by atoms with Crippen molar-refractivity contribution in [3.63, 3.8) is 0 Å². The van der Waals surface area contributed by atoms with Gasteiger partial charge in [-0.25, -0.2) is 0 Å². The zero-order chi connectivity index (χ0) is 28.3. The molecular formula is C29H41N3O6. The van der Waals surface area contributed by atoms with Gasteiger partial charge in [0.2, 0.25) is 0 Å². The van der Waals surface area contributed by atoms with Crippen molar-refractivity contribution in [1.29, 1.82) is 5.26 Å². The van der Waals surface area contributed by atoms with Gasteiger partial charge in [0, 0.05) is 12.6 Å². The number of rotatable bonds is 15. The van der Waals surface area contributed by atoms with Gasteiger partial charge in [0.25, 0.3) is 5.91 Å². The van der Waals surface area contributed by atoms with Gasteiger partial charge in [0.15, 0.2) is 23.0 Å². The van der Waals surface area contributed by atoms with Crippen molar-refractivity contribution in [3.8, 4) is 29.1 Å². The second-order valence-electron chi connectivity index (χ2n) is 9.40. The van der Waals surface area contributed by atoms with E-state index in [1.165, 1.54) is 7.11 Å². The van der Waals surface area contributed by atoms with Gasteiger partial charge in [-0.15, -0.1) is 0 Å². The Balaban J connectivity index is 2.05. The van der Waals surface area contributed by atoms with Gasteiger partial charge in [-0.1, -0.05) is 19.9 Å². The summed E-state index contributed by atoms with van der Waals surface area (Å²) in [6, 6.07) is 11.4. The van der Waals surface area contributed by atoms with Gasteiger partial charge in [0.1, 0.15) is 0 Å². The van der Waals surface area contributed by atoms with Crippen LogP contribution in [0.15, 0.2) is 30.3 Å². The highest BCUT2D eigenvalue weighted by Crippen LogP contribution is 2.40. The summed E-state index contributed by atoms with van der Waals surface area (Å²) in [5.41, 5.74) is 1.25. The van der Waals surface area contributed by atoms with E-state index < -0.39 is 11.5 Å². The lowest BCUT2D eigenvalue weighted by molar-refractivity contribution is 0.0961. The van der Waals surface area contributed by atoms with Crippen molar-refractivity contribution >= 4 is 5.91 Å². The van der Waals surface area contributed by atoms with E-state index in [2.05, 4.69) is 16.7 Å². The summed E-state index contributed by atoms with van der Waals surface area (Å²) in [5, 5.41) is 27.2. The molecule has 2 atom stereocenters. The van der Waals surface area contributed by atoms with Crippen molar-refractivity contribution in [2.75, 3.05) is 48.6 Å². The molecular weight excluding hydrogens is 486 g/mol. The molecule has 0 aliphatic carbocycles. The van der Waals surface area contributed by atoms with Crippen molar-refractivity contribution in [3.05, 3.63) is 47.0 Å². The van der Waals surface area contributed by atoms with E-state index in [9.17, 15) is 15.2 Å². The quantitative estimate of drug-likeness (QED) is 0.301. The molecule has 208 valence electrons. The molecule has 0 radical (unpaired) electrons. The number of carbonyl (C=O) groups is 1. The van der Waals surface area contributed by atoms with Crippen LogP contribution in [0, 0.1) is 17.2 Å². The number of aliphatic hydroxyl groups excluding tert-OH is 1. The number of aliphatic hydroxyl groups is 1. The zero-order valence-electron chi connectivity index (χ0n) is 23.5. The summed E-state index contributed by atoms with van der Waals surface area (Å²) in [4.78, 5) is 12.4. The molecule has 2 aromatic carbocycles. The molecule has 0 aromatic heterocycles. The molecule has 0 aliphatic rings. The fraction of sp³-hybridized carbons (Fsp3) is 0.517. The third kappa shape index (κ3) is 7.09. The minimum atomic E-state index is -0.888. The Morgan fingerprint density at radius 2 is 1.58 bits per heavy atom. The van der Waals surface area contributed by atoms with Crippen LogP contribution in [0.3, 0.4) is 0 Å². The average molecular weight is 528 g/mol. The number of nitriles is 1. The maximum absolute atomic E-state index is 12.4. The topological polar surface area (TPSA) is 122 Å². The molecule has 9 nitrogen and oxygen atoms in total. The normalized spacial score (nSPS) is 13.3. The first kappa shape index (κ1) is 30.7. The van der Waals surface area contributed by atoms with Crippen molar-refractivity contribution < 1.29 is 28.8 Å². The van der Waals surface area contributed by atoms with E-state index in [0.717, 1.165) is 11.1 Å². The summed E-state index contributed by atoms with van der Waals surface area (Å²) in [6.07, 6.45) is 0.644. The molecule has 0 heterocycles. The van der Waals surface area contributed by atoms with Gasteiger partial charge < -0.3 is 34.7 Å². The van der Waals surface area contributed by atoms with Crippen molar-refractivity contribution in [1.82, 2.24) is 10.6 Å². The summed E-state index contributed by atoms with van der Waals surface area (Å²) in [5.74, 6) is 1.95. The highest BCUT2D eigenvalue weighted by Gasteiger charge is 2.38. The first-order valence-electron chi connectivity index (χ1n) is 12.7. The highest BCUT2D eigenvalue weighted by molar-refractivity contribution is 5.96. The molecule has 2 aromatic rings. The van der Waals surface area contributed by atoms with E-state index in [4.69, 9.17) is 18.9 Å². The van der Waals surface area contributed by atoms with Crippen LogP contribution < -0.4 is 29.6 Å². The van der Waals surface area contributed by atoms with E-state index in [1.807, 2.05) is 32.0 Å². The molecule has 0 spiro atoms.